The van der Waals surface area contributed by atoms with Crippen molar-refractivity contribution in [2.24, 2.45) is 5.10 Å². The molecule has 172 valence electrons. The van der Waals surface area contributed by atoms with E-state index in [0.29, 0.717) is 58.2 Å². The summed E-state index contributed by atoms with van der Waals surface area (Å²) < 4.78 is 16.8. The predicted molar refractivity (Wildman–Crippen MR) is 131 cm³/mol. The monoisotopic (exact) mass is 486 g/mol. The van der Waals surface area contributed by atoms with Crippen LogP contribution in [0.4, 0.5) is 0 Å². The first-order valence-electron chi connectivity index (χ1n) is 10.4. The molecule has 8 heteroatoms. The molecular formula is C25H24Cl2N2O4. The van der Waals surface area contributed by atoms with Crippen LogP contribution in [0.5, 0.6) is 17.2 Å². The van der Waals surface area contributed by atoms with Crippen molar-refractivity contribution in [2.45, 2.75) is 20.5 Å². The van der Waals surface area contributed by atoms with E-state index in [4.69, 9.17) is 37.4 Å². The summed E-state index contributed by atoms with van der Waals surface area (Å²) in [6.07, 6.45) is 1.50. The van der Waals surface area contributed by atoms with Gasteiger partial charge in [0.2, 0.25) is 0 Å². The summed E-state index contributed by atoms with van der Waals surface area (Å²) >= 11 is 12.2. The number of nitrogens with zero attached hydrogens (tertiary/aromatic N) is 1. The second kappa shape index (κ2) is 12.1. The third-order valence-electron chi connectivity index (χ3n) is 4.45. The molecule has 6 nitrogen and oxygen atoms in total. The van der Waals surface area contributed by atoms with Gasteiger partial charge in [-0.05, 0) is 73.5 Å². The largest absolute Gasteiger partial charge is 0.490 e. The van der Waals surface area contributed by atoms with E-state index in [0.717, 1.165) is 5.56 Å². The molecule has 0 saturated heterocycles. The van der Waals surface area contributed by atoms with Gasteiger partial charge in [0.15, 0.2) is 11.5 Å². The van der Waals surface area contributed by atoms with E-state index in [1.165, 1.54) is 6.21 Å². The van der Waals surface area contributed by atoms with Crippen LogP contribution in [0.1, 0.15) is 35.3 Å². The molecule has 0 aliphatic rings. The summed E-state index contributed by atoms with van der Waals surface area (Å²) in [5, 5.41) is 5.12. The number of hydrogen-bond donors (Lipinski definition) is 1. The topological polar surface area (TPSA) is 69.2 Å². The van der Waals surface area contributed by atoms with Crippen LogP contribution in [0.3, 0.4) is 0 Å². The zero-order valence-corrected chi connectivity index (χ0v) is 19.8. The number of benzene rings is 3. The summed E-state index contributed by atoms with van der Waals surface area (Å²) in [5.74, 6) is 1.28. The van der Waals surface area contributed by atoms with Gasteiger partial charge in [0.25, 0.3) is 5.91 Å². The van der Waals surface area contributed by atoms with E-state index < -0.39 is 0 Å². The number of nitrogens with one attached hydrogen (secondary N) is 1. The molecule has 3 rings (SSSR count). The van der Waals surface area contributed by atoms with Gasteiger partial charge in [-0.3, -0.25) is 4.79 Å². The van der Waals surface area contributed by atoms with Crippen molar-refractivity contribution in [3.05, 3.63) is 87.4 Å². The van der Waals surface area contributed by atoms with E-state index in [2.05, 4.69) is 10.5 Å². The molecule has 1 N–H and O–H groups in total. The van der Waals surface area contributed by atoms with E-state index in [1.807, 2.05) is 26.0 Å². The smallest absolute Gasteiger partial charge is 0.271 e. The van der Waals surface area contributed by atoms with Gasteiger partial charge in [0, 0.05) is 10.6 Å². The highest BCUT2D eigenvalue weighted by Gasteiger charge is 2.11. The number of carbonyl (C=O) groups is 1. The second-order valence-electron chi connectivity index (χ2n) is 6.83. The summed E-state index contributed by atoms with van der Waals surface area (Å²) in [4.78, 5) is 12.4. The Morgan fingerprint density at radius 1 is 0.879 bits per heavy atom. The molecule has 1 amide bonds. The lowest BCUT2D eigenvalue weighted by atomic mass is 10.2. The number of ether oxygens (including phenoxy) is 3. The standard InChI is InChI=1S/C25H24Cl2N2O4/c1-3-31-23-12-8-19(14-24(23)32-4-2)25(30)29-28-15-18-7-11-22(21(27)13-18)33-16-17-5-9-20(26)10-6-17/h5-15H,3-4,16H2,1-2H3,(H,29,30)/b28-15+. The Hall–Kier alpha value is -3.22. The zero-order valence-electron chi connectivity index (χ0n) is 18.3. The highest BCUT2D eigenvalue weighted by Crippen LogP contribution is 2.29. The van der Waals surface area contributed by atoms with Crippen molar-refractivity contribution in [3.63, 3.8) is 0 Å². The lowest BCUT2D eigenvalue weighted by Gasteiger charge is -2.11. The van der Waals surface area contributed by atoms with Gasteiger partial charge in [-0.2, -0.15) is 5.10 Å². The van der Waals surface area contributed by atoms with Gasteiger partial charge in [0.1, 0.15) is 12.4 Å². The maximum atomic E-state index is 12.4. The Labute approximate surface area is 203 Å². The predicted octanol–water partition coefficient (Wildman–Crippen LogP) is 6.13. The molecule has 0 saturated carbocycles. The Balaban J connectivity index is 1.59. The Morgan fingerprint density at radius 2 is 1.58 bits per heavy atom. The summed E-state index contributed by atoms with van der Waals surface area (Å²) in [7, 11) is 0. The van der Waals surface area contributed by atoms with Crippen LogP contribution in [-0.2, 0) is 6.61 Å². The fourth-order valence-corrected chi connectivity index (χ4v) is 3.25. The zero-order chi connectivity index (χ0) is 23.6. The Bertz CT molecular complexity index is 1120. The minimum atomic E-state index is -0.371. The van der Waals surface area contributed by atoms with Crippen LogP contribution in [0, 0.1) is 0 Å². The molecule has 0 bridgehead atoms. The minimum Gasteiger partial charge on any atom is -0.490 e. The maximum absolute atomic E-state index is 12.4. The lowest BCUT2D eigenvalue weighted by Crippen LogP contribution is -2.17. The summed E-state index contributed by atoms with van der Waals surface area (Å²) in [6, 6.07) is 17.6. The molecule has 0 spiro atoms. The van der Waals surface area contributed by atoms with Crippen molar-refractivity contribution in [3.8, 4) is 17.2 Å². The SMILES string of the molecule is CCOc1ccc(C(=O)N/N=C/c2ccc(OCc3ccc(Cl)cc3)c(Cl)c2)cc1OCC. The van der Waals surface area contributed by atoms with Crippen LogP contribution in [0.25, 0.3) is 0 Å². The number of carbonyl (C=O) groups excluding carboxylic acids is 1. The molecule has 0 fully saturated rings. The fraction of sp³-hybridized carbons (Fsp3) is 0.200. The summed E-state index contributed by atoms with van der Waals surface area (Å²) in [5.41, 5.74) is 4.59. The van der Waals surface area contributed by atoms with Gasteiger partial charge >= 0.3 is 0 Å². The quantitative estimate of drug-likeness (QED) is 0.276. The van der Waals surface area contributed by atoms with E-state index in [1.54, 1.807) is 48.5 Å². The van der Waals surface area contributed by atoms with Crippen LogP contribution >= 0.6 is 23.2 Å². The first kappa shape index (κ1) is 24.4. The normalized spacial score (nSPS) is 10.8. The van der Waals surface area contributed by atoms with Crippen molar-refractivity contribution >= 4 is 35.3 Å². The Kier molecular flexibility index (Phi) is 8.98. The van der Waals surface area contributed by atoms with Gasteiger partial charge in [0.05, 0.1) is 24.5 Å². The molecule has 3 aromatic carbocycles. The highest BCUT2D eigenvalue weighted by molar-refractivity contribution is 6.32. The molecule has 3 aromatic rings. The molecule has 0 aliphatic carbocycles. The highest BCUT2D eigenvalue weighted by atomic mass is 35.5. The average molecular weight is 487 g/mol. The lowest BCUT2D eigenvalue weighted by molar-refractivity contribution is 0.0954. The molecule has 33 heavy (non-hydrogen) atoms. The van der Waals surface area contributed by atoms with Crippen LogP contribution in [0.15, 0.2) is 65.8 Å². The molecule has 0 radical (unpaired) electrons. The van der Waals surface area contributed by atoms with E-state index in [9.17, 15) is 4.79 Å². The molecule has 0 atom stereocenters. The van der Waals surface area contributed by atoms with Crippen molar-refractivity contribution in [2.75, 3.05) is 13.2 Å². The van der Waals surface area contributed by atoms with Crippen LogP contribution in [0.2, 0.25) is 10.0 Å². The fourth-order valence-electron chi connectivity index (χ4n) is 2.88. The first-order chi connectivity index (χ1) is 16.0. The molecule has 0 unspecified atom stereocenters. The number of rotatable bonds is 10. The maximum Gasteiger partial charge on any atom is 0.271 e. The second-order valence-corrected chi connectivity index (χ2v) is 7.68. The molecule has 0 aromatic heterocycles. The number of hydrazone groups is 1. The summed E-state index contributed by atoms with van der Waals surface area (Å²) in [6.45, 7) is 5.08. The number of amides is 1. The van der Waals surface area contributed by atoms with E-state index in [-0.39, 0.29) is 5.91 Å². The van der Waals surface area contributed by atoms with Crippen molar-refractivity contribution in [1.29, 1.82) is 0 Å². The molecule has 0 heterocycles. The van der Waals surface area contributed by atoms with Gasteiger partial charge < -0.3 is 14.2 Å². The first-order valence-corrected chi connectivity index (χ1v) is 11.2. The average Bonchev–Trinajstić information content (AvgIpc) is 2.81. The Morgan fingerprint density at radius 3 is 2.27 bits per heavy atom. The van der Waals surface area contributed by atoms with Crippen LogP contribution in [-0.4, -0.2) is 25.3 Å². The van der Waals surface area contributed by atoms with E-state index >= 15 is 0 Å². The number of halogens is 2. The molecule has 0 aliphatic heterocycles. The van der Waals surface area contributed by atoms with Gasteiger partial charge in [-0.15, -0.1) is 0 Å². The van der Waals surface area contributed by atoms with Crippen molar-refractivity contribution < 1.29 is 19.0 Å². The van der Waals surface area contributed by atoms with Gasteiger partial charge in [-0.1, -0.05) is 35.3 Å². The third-order valence-corrected chi connectivity index (χ3v) is 5.00. The minimum absolute atomic E-state index is 0.367. The van der Waals surface area contributed by atoms with Gasteiger partial charge in [-0.25, -0.2) is 5.43 Å². The van der Waals surface area contributed by atoms with Crippen molar-refractivity contribution in [1.82, 2.24) is 5.43 Å². The third kappa shape index (κ3) is 7.14. The number of hydrogen-bond acceptors (Lipinski definition) is 5. The molecular weight excluding hydrogens is 463 g/mol. The van der Waals surface area contributed by atoms with Crippen LogP contribution < -0.4 is 19.6 Å².